The molecule has 12 heteroatoms. The van der Waals surface area contributed by atoms with Gasteiger partial charge in [-0.15, -0.1) is 0 Å². The highest BCUT2D eigenvalue weighted by Gasteiger charge is 2.72. The summed E-state index contributed by atoms with van der Waals surface area (Å²) >= 11 is 0. The molecule has 0 spiro atoms. The minimum absolute atomic E-state index is 0.0283. The van der Waals surface area contributed by atoms with Crippen molar-refractivity contribution in [2.75, 3.05) is 14.2 Å². The number of hydrogen-bond acceptors (Lipinski definition) is 12. The van der Waals surface area contributed by atoms with Gasteiger partial charge in [0.15, 0.2) is 17.0 Å². The second kappa shape index (κ2) is 7.81. The van der Waals surface area contributed by atoms with E-state index < -0.39 is 103 Å². The molecule has 38 heavy (non-hydrogen) atoms. The molecule has 0 aliphatic heterocycles. The minimum atomic E-state index is -3.15. The molecule has 196 valence electrons. The highest BCUT2D eigenvalue weighted by Crippen LogP contribution is 2.56. The van der Waals surface area contributed by atoms with Crippen LogP contribution in [0.1, 0.15) is 68.5 Å². The van der Waals surface area contributed by atoms with Crippen LogP contribution < -0.4 is 5.73 Å². The number of phenols is 2. The molecule has 6 N–H and O–H groups in total. The molecular formula is C26H21NO11. The molecule has 3 unspecified atom stereocenters. The normalized spacial score (nSPS) is 25.7. The first-order valence-electron chi connectivity index (χ1n) is 11.2. The van der Waals surface area contributed by atoms with Crippen LogP contribution in [0, 0.1) is 6.92 Å². The lowest BCUT2D eigenvalue weighted by Crippen LogP contribution is -2.73. The number of hydrogen-bond donors (Lipinski definition) is 5. The fourth-order valence-electron chi connectivity index (χ4n) is 5.87. The van der Waals surface area contributed by atoms with Crippen LogP contribution >= 0.6 is 0 Å². The van der Waals surface area contributed by atoms with E-state index in [1.54, 1.807) is 0 Å². The third-order valence-corrected chi connectivity index (χ3v) is 7.55. The molecule has 0 saturated carbocycles. The van der Waals surface area contributed by atoms with Crippen LogP contribution in [0.15, 0.2) is 23.9 Å². The van der Waals surface area contributed by atoms with E-state index in [1.807, 2.05) is 0 Å². The van der Waals surface area contributed by atoms with Gasteiger partial charge in [0.1, 0.15) is 17.1 Å². The van der Waals surface area contributed by atoms with Gasteiger partial charge >= 0.3 is 5.97 Å². The maximum Gasteiger partial charge on any atom is 0.341 e. The van der Waals surface area contributed by atoms with E-state index in [4.69, 9.17) is 15.2 Å². The summed E-state index contributed by atoms with van der Waals surface area (Å²) in [6.07, 6.45) is -1.56. The second-order valence-corrected chi connectivity index (χ2v) is 9.33. The van der Waals surface area contributed by atoms with E-state index in [0.29, 0.717) is 0 Å². The van der Waals surface area contributed by atoms with Crippen LogP contribution in [0.5, 0.6) is 11.5 Å². The molecule has 3 aliphatic rings. The van der Waals surface area contributed by atoms with Gasteiger partial charge in [-0.25, -0.2) is 4.79 Å². The summed E-state index contributed by atoms with van der Waals surface area (Å²) in [4.78, 5) is 65.9. The van der Waals surface area contributed by atoms with Gasteiger partial charge in [0.2, 0.25) is 17.3 Å². The van der Waals surface area contributed by atoms with Crippen molar-refractivity contribution in [1.29, 1.82) is 0 Å². The fraction of sp³-hybridized carbons (Fsp3) is 0.269. The lowest BCUT2D eigenvalue weighted by atomic mass is 9.56. The van der Waals surface area contributed by atoms with Crippen molar-refractivity contribution in [2.45, 2.75) is 30.7 Å². The van der Waals surface area contributed by atoms with Gasteiger partial charge in [0.05, 0.1) is 30.0 Å². The zero-order valence-electron chi connectivity index (χ0n) is 20.2. The number of esters is 1. The molecule has 2 aromatic rings. The van der Waals surface area contributed by atoms with Crippen molar-refractivity contribution in [2.24, 2.45) is 5.73 Å². The summed E-state index contributed by atoms with van der Waals surface area (Å²) in [5, 5.41) is 45.5. The lowest BCUT2D eigenvalue weighted by molar-refractivity contribution is -0.181. The molecule has 0 bridgehead atoms. The van der Waals surface area contributed by atoms with Crippen LogP contribution in [0.4, 0.5) is 0 Å². The number of ether oxygens (including phenoxy) is 2. The number of carbonyl (C=O) groups is 5. The van der Waals surface area contributed by atoms with E-state index >= 15 is 0 Å². The number of methoxy groups -OCH3 is 2. The zero-order valence-corrected chi connectivity index (χ0v) is 20.2. The van der Waals surface area contributed by atoms with Gasteiger partial charge in [0, 0.05) is 36.3 Å². The predicted octanol–water partition coefficient (Wildman–Crippen LogP) is -0.0166. The number of Topliss-reactive ketones (excluding diaryl/α,β-unsaturated/α-hetero) is 3. The molecule has 3 aliphatic carbocycles. The number of fused-ring (bicyclic) bond motifs is 5. The SMILES string of the molecule is COC(=O)c1c(C)cc2c(c1O)C1(O)C(=O)c3cc4c(c(O)c3C(=O)C1(OC)C(O)C2)C(=O)C=C(N)C4=O. The molecule has 3 atom stereocenters. The van der Waals surface area contributed by atoms with Crippen molar-refractivity contribution in [3.63, 3.8) is 0 Å². The Kier molecular flexibility index (Phi) is 5.19. The van der Waals surface area contributed by atoms with Crippen molar-refractivity contribution >= 4 is 29.1 Å². The maximum atomic E-state index is 14.1. The van der Waals surface area contributed by atoms with E-state index in [-0.39, 0.29) is 11.1 Å². The predicted molar refractivity (Wildman–Crippen MR) is 125 cm³/mol. The highest BCUT2D eigenvalue weighted by molar-refractivity contribution is 6.30. The van der Waals surface area contributed by atoms with Gasteiger partial charge in [-0.1, -0.05) is 6.07 Å². The van der Waals surface area contributed by atoms with Gasteiger partial charge in [0.25, 0.3) is 0 Å². The van der Waals surface area contributed by atoms with E-state index in [0.717, 1.165) is 26.4 Å². The van der Waals surface area contributed by atoms with Crippen molar-refractivity contribution in [3.8, 4) is 11.5 Å². The number of allylic oxidation sites excluding steroid dienone is 2. The topological polar surface area (TPSA) is 211 Å². The Hall–Kier alpha value is -4.39. The van der Waals surface area contributed by atoms with E-state index in [1.165, 1.54) is 13.0 Å². The Balaban J connectivity index is 1.92. The molecule has 0 radical (unpaired) electrons. The van der Waals surface area contributed by atoms with Crippen LogP contribution in [0.3, 0.4) is 0 Å². The summed E-state index contributed by atoms with van der Waals surface area (Å²) in [5.74, 6) is -7.38. The first-order valence-corrected chi connectivity index (χ1v) is 11.2. The van der Waals surface area contributed by atoms with Crippen LogP contribution in [-0.2, 0) is 21.5 Å². The first-order chi connectivity index (χ1) is 17.8. The standard InChI is InChI=1S/C26H21NO11/c1-8-4-9-5-14(29)26(38-3)23(34)17-11(6-10-16(20(17)31)13(28)7-12(27)19(10)30)22(33)25(26,36)18(9)21(32)15(8)24(35)37-2/h4,6-7,14,29,31-32,36H,5,27H2,1-3H3. The van der Waals surface area contributed by atoms with Gasteiger partial charge < -0.3 is 35.6 Å². The molecule has 5 rings (SSSR count). The lowest BCUT2D eigenvalue weighted by Gasteiger charge is -2.52. The van der Waals surface area contributed by atoms with Crippen molar-refractivity contribution in [1.82, 2.24) is 0 Å². The monoisotopic (exact) mass is 523 g/mol. The Morgan fingerprint density at radius 3 is 2.29 bits per heavy atom. The Morgan fingerprint density at radius 2 is 1.68 bits per heavy atom. The molecule has 12 nitrogen and oxygen atoms in total. The number of benzene rings is 2. The maximum absolute atomic E-state index is 14.1. The Labute approximate surface area is 213 Å². The molecule has 0 saturated heterocycles. The van der Waals surface area contributed by atoms with Crippen molar-refractivity contribution < 1.29 is 53.9 Å². The number of phenolic OH excluding ortho intramolecular Hbond substituents is 2. The average molecular weight is 523 g/mol. The number of aryl methyl sites for hydroxylation is 1. The first kappa shape index (κ1) is 25.3. The van der Waals surface area contributed by atoms with Gasteiger partial charge in [-0.2, -0.15) is 0 Å². The van der Waals surface area contributed by atoms with Crippen LogP contribution in [-0.4, -0.2) is 75.5 Å². The summed E-state index contributed by atoms with van der Waals surface area (Å²) < 4.78 is 10.1. The number of aliphatic hydroxyl groups is 2. The summed E-state index contributed by atoms with van der Waals surface area (Å²) in [5.41, 5.74) is -4.14. The van der Waals surface area contributed by atoms with Crippen LogP contribution in [0.2, 0.25) is 0 Å². The van der Waals surface area contributed by atoms with Crippen molar-refractivity contribution in [3.05, 3.63) is 68.4 Å². The number of aliphatic hydroxyl groups excluding tert-OH is 1. The molecule has 0 heterocycles. The van der Waals surface area contributed by atoms with E-state index in [2.05, 4.69) is 0 Å². The summed E-state index contributed by atoms with van der Waals surface area (Å²) in [6.45, 7) is 1.45. The Morgan fingerprint density at radius 1 is 1.03 bits per heavy atom. The molecule has 0 aromatic heterocycles. The number of aromatic hydroxyl groups is 2. The average Bonchev–Trinajstić information content (AvgIpc) is 2.85. The fourth-order valence-corrected chi connectivity index (χ4v) is 5.87. The summed E-state index contributed by atoms with van der Waals surface area (Å²) in [7, 11) is 1.98. The minimum Gasteiger partial charge on any atom is -0.507 e. The molecule has 0 amide bonds. The van der Waals surface area contributed by atoms with Gasteiger partial charge in [-0.3, -0.25) is 19.2 Å². The third kappa shape index (κ3) is 2.66. The molecule has 0 fully saturated rings. The number of rotatable bonds is 2. The van der Waals surface area contributed by atoms with Gasteiger partial charge in [-0.05, 0) is 24.1 Å². The second-order valence-electron chi connectivity index (χ2n) is 9.33. The number of ketones is 4. The molecular weight excluding hydrogens is 502 g/mol. The largest absolute Gasteiger partial charge is 0.507 e. The quantitative estimate of drug-likeness (QED) is 0.329. The van der Waals surface area contributed by atoms with E-state index in [9.17, 15) is 44.4 Å². The third-order valence-electron chi connectivity index (χ3n) is 7.55. The number of carbonyl (C=O) groups excluding carboxylic acids is 5. The number of nitrogens with two attached hydrogens (primary N) is 1. The smallest absolute Gasteiger partial charge is 0.341 e. The zero-order chi connectivity index (χ0) is 28.1. The summed E-state index contributed by atoms with van der Waals surface area (Å²) in [6, 6.07) is 2.18. The molecule has 2 aromatic carbocycles. The Bertz CT molecular complexity index is 1590. The van der Waals surface area contributed by atoms with Crippen LogP contribution in [0.25, 0.3) is 0 Å². The highest BCUT2D eigenvalue weighted by atomic mass is 16.5.